The van der Waals surface area contributed by atoms with Crippen LogP contribution in [0.25, 0.3) is 22.2 Å². The van der Waals surface area contributed by atoms with Gasteiger partial charge in [0.2, 0.25) is 11.8 Å². The van der Waals surface area contributed by atoms with Gasteiger partial charge in [-0.2, -0.15) is 5.10 Å². The fourth-order valence-electron chi connectivity index (χ4n) is 7.31. The van der Waals surface area contributed by atoms with E-state index in [9.17, 15) is 14.4 Å². The predicted molar refractivity (Wildman–Crippen MR) is 161 cm³/mol. The van der Waals surface area contributed by atoms with Gasteiger partial charge in [0, 0.05) is 56.1 Å². The molecule has 7 rings (SSSR count). The number of nitrogens with zero attached hydrogens (tertiary/aromatic N) is 4. The molecule has 2 aromatic heterocycles. The summed E-state index contributed by atoms with van der Waals surface area (Å²) in [6.07, 6.45) is 6.10. The number of piperidine rings is 1. The Morgan fingerprint density at radius 3 is 2.57 bits per heavy atom. The molecule has 2 atom stereocenters. The van der Waals surface area contributed by atoms with E-state index in [4.69, 9.17) is 0 Å². The number of imidazole rings is 1. The molecule has 9 heteroatoms. The van der Waals surface area contributed by atoms with E-state index in [1.807, 2.05) is 58.6 Å². The number of nitrogens with one attached hydrogen (secondary N) is 2. The second-order valence-corrected chi connectivity index (χ2v) is 13.6. The molecule has 2 amide bonds. The number of H-pyrrole nitrogens is 2. The van der Waals surface area contributed by atoms with Gasteiger partial charge in [-0.1, -0.05) is 57.2 Å². The largest absolute Gasteiger partial charge is 0.343 e. The van der Waals surface area contributed by atoms with E-state index in [-0.39, 0.29) is 41.3 Å². The maximum Gasteiger partial charge on any atom is 0.326 e. The van der Waals surface area contributed by atoms with Crippen molar-refractivity contribution in [3.8, 4) is 11.3 Å². The summed E-state index contributed by atoms with van der Waals surface area (Å²) in [6, 6.07) is 14.0. The first-order chi connectivity index (χ1) is 20.1. The number of aromatic amines is 2. The summed E-state index contributed by atoms with van der Waals surface area (Å²) in [5.41, 5.74) is 4.21. The number of carbonyl (C=O) groups is 2. The van der Waals surface area contributed by atoms with Crippen molar-refractivity contribution < 1.29 is 9.59 Å². The molecule has 4 aromatic rings. The van der Waals surface area contributed by atoms with Crippen LogP contribution in [-0.2, 0) is 16.1 Å². The predicted octanol–water partition coefficient (Wildman–Crippen LogP) is 4.84. The van der Waals surface area contributed by atoms with Crippen molar-refractivity contribution in [2.45, 2.75) is 65.0 Å². The molecule has 0 radical (unpaired) electrons. The summed E-state index contributed by atoms with van der Waals surface area (Å²) >= 11 is 0. The zero-order chi connectivity index (χ0) is 29.2. The van der Waals surface area contributed by atoms with Crippen LogP contribution in [0.15, 0.2) is 59.7 Å². The van der Waals surface area contributed by atoms with Gasteiger partial charge in [0.25, 0.3) is 0 Å². The van der Waals surface area contributed by atoms with Gasteiger partial charge in [-0.25, -0.2) is 4.79 Å². The first-order valence-electron chi connectivity index (χ1n) is 15.0. The number of hydrogen-bond acceptors (Lipinski definition) is 4. The number of aromatic nitrogens is 4. The third kappa shape index (κ3) is 4.55. The van der Waals surface area contributed by atoms with Gasteiger partial charge < -0.3 is 14.8 Å². The van der Waals surface area contributed by atoms with Gasteiger partial charge in [-0.3, -0.25) is 19.3 Å². The molecule has 0 bridgehead atoms. The summed E-state index contributed by atoms with van der Waals surface area (Å²) in [7, 11) is 0. The van der Waals surface area contributed by atoms with Crippen LogP contribution in [0.4, 0.5) is 0 Å². The Labute approximate surface area is 244 Å². The van der Waals surface area contributed by atoms with Crippen molar-refractivity contribution in [1.82, 2.24) is 29.5 Å². The normalized spacial score (nSPS) is 22.6. The second kappa shape index (κ2) is 9.71. The van der Waals surface area contributed by atoms with E-state index in [1.165, 1.54) is 5.56 Å². The zero-order valence-electron chi connectivity index (χ0n) is 24.5. The van der Waals surface area contributed by atoms with Crippen molar-refractivity contribution in [2.24, 2.45) is 10.8 Å². The number of hydrogen-bond donors (Lipinski definition) is 2. The van der Waals surface area contributed by atoms with E-state index >= 15 is 0 Å². The van der Waals surface area contributed by atoms with Crippen molar-refractivity contribution in [3.05, 3.63) is 76.5 Å². The van der Waals surface area contributed by atoms with Crippen molar-refractivity contribution in [1.29, 1.82) is 0 Å². The molecule has 2 fully saturated rings. The van der Waals surface area contributed by atoms with Crippen LogP contribution in [0.3, 0.4) is 0 Å². The second-order valence-electron chi connectivity index (χ2n) is 13.6. The minimum atomic E-state index is -0.690. The van der Waals surface area contributed by atoms with Gasteiger partial charge in [0.05, 0.1) is 22.8 Å². The SMILES string of the molecule is CC(C)(C)CN1Cc2c(ccc3[nH]ncc23)[C@H]2CC2(CC(=O)N2CCC(n3cc(-c4ccccc4)[nH]c3=O)CC2)C1=O. The molecular formula is C33H38N6O3. The molecule has 1 saturated carbocycles. The molecule has 42 heavy (non-hydrogen) atoms. The maximum absolute atomic E-state index is 14.2. The zero-order valence-corrected chi connectivity index (χ0v) is 24.5. The monoisotopic (exact) mass is 566 g/mol. The molecule has 1 saturated heterocycles. The third-order valence-electron chi connectivity index (χ3n) is 9.46. The highest BCUT2D eigenvalue weighted by molar-refractivity contribution is 5.95. The number of amides is 2. The maximum atomic E-state index is 14.2. The molecule has 2 aliphatic heterocycles. The highest BCUT2D eigenvalue weighted by atomic mass is 16.2. The van der Waals surface area contributed by atoms with Gasteiger partial charge in [-0.15, -0.1) is 0 Å². The van der Waals surface area contributed by atoms with Crippen LogP contribution >= 0.6 is 0 Å². The van der Waals surface area contributed by atoms with Gasteiger partial charge in [0.1, 0.15) is 0 Å². The van der Waals surface area contributed by atoms with Crippen molar-refractivity contribution in [3.63, 3.8) is 0 Å². The Hall–Kier alpha value is -4.14. The lowest BCUT2D eigenvalue weighted by Gasteiger charge is -2.35. The van der Waals surface area contributed by atoms with Crippen LogP contribution in [-0.4, -0.2) is 61.0 Å². The molecule has 2 aromatic carbocycles. The van der Waals surface area contributed by atoms with E-state index in [0.29, 0.717) is 45.4 Å². The fourth-order valence-corrected chi connectivity index (χ4v) is 7.31. The van der Waals surface area contributed by atoms with Crippen LogP contribution in [0.1, 0.15) is 69.5 Å². The average molecular weight is 567 g/mol. The summed E-state index contributed by atoms with van der Waals surface area (Å²) in [5.74, 6) is 0.186. The molecule has 1 unspecified atom stereocenters. The third-order valence-corrected chi connectivity index (χ3v) is 9.46. The van der Waals surface area contributed by atoms with E-state index in [2.05, 4.69) is 42.0 Å². The lowest BCUT2D eigenvalue weighted by Crippen LogP contribution is -2.45. The Bertz CT molecular complexity index is 1720. The number of rotatable bonds is 5. The molecule has 1 aliphatic carbocycles. The number of benzene rings is 2. The molecule has 3 aliphatic rings. The number of fused-ring (bicyclic) bond motifs is 5. The number of likely N-dealkylation sites (tertiary alicyclic amines) is 1. The topological polar surface area (TPSA) is 107 Å². The van der Waals surface area contributed by atoms with Gasteiger partial charge in [0.15, 0.2) is 0 Å². The Balaban J connectivity index is 1.09. The quantitative estimate of drug-likeness (QED) is 0.361. The van der Waals surface area contributed by atoms with Crippen LogP contribution in [0.5, 0.6) is 0 Å². The van der Waals surface area contributed by atoms with E-state index in [0.717, 1.165) is 27.7 Å². The van der Waals surface area contributed by atoms with Crippen molar-refractivity contribution >= 4 is 22.7 Å². The van der Waals surface area contributed by atoms with E-state index < -0.39 is 5.41 Å². The average Bonchev–Trinajstić information content (AvgIpc) is 3.29. The lowest BCUT2D eigenvalue weighted by molar-refractivity contribution is -0.144. The summed E-state index contributed by atoms with van der Waals surface area (Å²) in [4.78, 5) is 47.7. The minimum absolute atomic E-state index is 0.0353. The first kappa shape index (κ1) is 26.7. The number of carbonyl (C=O) groups excluding carboxylic acids is 2. The van der Waals surface area contributed by atoms with Crippen LogP contribution in [0, 0.1) is 10.8 Å². The summed E-state index contributed by atoms with van der Waals surface area (Å²) in [5, 5.41) is 8.39. The fraction of sp³-hybridized carbons (Fsp3) is 0.455. The highest BCUT2D eigenvalue weighted by Crippen LogP contribution is 2.65. The van der Waals surface area contributed by atoms with Crippen molar-refractivity contribution in [2.75, 3.05) is 19.6 Å². The first-order valence-corrected chi connectivity index (χ1v) is 15.0. The standard InChI is InChI=1S/C33H38N6O3/c1-32(2,3)20-38-18-25-23(9-10-27-24(25)17-34-36-27)26-15-33(26,30(38)41)16-29(40)37-13-11-22(12-14-37)39-19-28(35-31(39)42)21-7-5-4-6-8-21/h4-10,17,19,22,26H,11-16,18,20H2,1-3H3,(H,34,36)(H,35,42)/t26-,33?/m1/s1. The van der Waals surface area contributed by atoms with Crippen LogP contribution < -0.4 is 5.69 Å². The Morgan fingerprint density at radius 1 is 1.07 bits per heavy atom. The molecular weight excluding hydrogens is 528 g/mol. The molecule has 9 nitrogen and oxygen atoms in total. The molecule has 0 spiro atoms. The Morgan fingerprint density at radius 2 is 1.83 bits per heavy atom. The van der Waals surface area contributed by atoms with Gasteiger partial charge >= 0.3 is 5.69 Å². The molecule has 2 N–H and O–H groups in total. The van der Waals surface area contributed by atoms with Gasteiger partial charge in [-0.05, 0) is 47.4 Å². The van der Waals surface area contributed by atoms with Crippen LogP contribution in [0.2, 0.25) is 0 Å². The minimum Gasteiger partial charge on any atom is -0.343 e. The lowest BCUT2D eigenvalue weighted by atomic mass is 9.91. The molecule has 218 valence electrons. The highest BCUT2D eigenvalue weighted by Gasteiger charge is 2.64. The van der Waals surface area contributed by atoms with E-state index in [1.54, 1.807) is 4.57 Å². The Kier molecular flexibility index (Phi) is 6.18. The molecule has 4 heterocycles. The summed E-state index contributed by atoms with van der Waals surface area (Å²) in [6.45, 7) is 8.77. The smallest absolute Gasteiger partial charge is 0.326 e. The summed E-state index contributed by atoms with van der Waals surface area (Å²) < 4.78 is 1.78.